The molecule has 0 saturated carbocycles. The van der Waals surface area contributed by atoms with Crippen LogP contribution in [0.25, 0.3) is 5.69 Å². The summed E-state index contributed by atoms with van der Waals surface area (Å²) in [5.74, 6) is 0.437. The Kier molecular flexibility index (Phi) is 3.57. The summed E-state index contributed by atoms with van der Waals surface area (Å²) in [7, 11) is 0. The number of ketones is 1. The Bertz CT molecular complexity index is 892. The quantitative estimate of drug-likeness (QED) is 0.702. The van der Waals surface area contributed by atoms with E-state index in [1.54, 1.807) is 0 Å². The second kappa shape index (κ2) is 5.75. The highest BCUT2D eigenvalue weighted by Gasteiger charge is 2.31. The Labute approximate surface area is 141 Å². The maximum Gasteiger partial charge on any atom is 0.167 e. The van der Waals surface area contributed by atoms with Crippen molar-refractivity contribution in [1.82, 2.24) is 9.78 Å². The van der Waals surface area contributed by atoms with Gasteiger partial charge in [0.05, 0.1) is 22.6 Å². The van der Waals surface area contributed by atoms with E-state index in [9.17, 15) is 4.79 Å². The van der Waals surface area contributed by atoms with Gasteiger partial charge in [-0.2, -0.15) is 5.10 Å². The van der Waals surface area contributed by atoms with Crippen LogP contribution in [0.15, 0.2) is 54.6 Å². The molecule has 1 aliphatic rings. The van der Waals surface area contributed by atoms with Crippen molar-refractivity contribution in [3.8, 4) is 5.69 Å². The van der Waals surface area contributed by atoms with Crippen LogP contribution in [0.1, 0.15) is 45.2 Å². The normalized spacial score (nSPS) is 16.9. The molecule has 0 unspecified atom stereocenters. The van der Waals surface area contributed by atoms with Gasteiger partial charge in [0.2, 0.25) is 0 Å². The van der Waals surface area contributed by atoms with Crippen molar-refractivity contribution in [2.24, 2.45) is 0 Å². The number of aromatic nitrogens is 2. The molecule has 4 rings (SSSR count). The summed E-state index contributed by atoms with van der Waals surface area (Å²) in [5, 5.41) is 4.67. The number of rotatable bonds is 2. The molecule has 0 fully saturated rings. The van der Waals surface area contributed by atoms with Gasteiger partial charge in [-0.05, 0) is 43.9 Å². The van der Waals surface area contributed by atoms with E-state index in [0.717, 1.165) is 29.1 Å². The summed E-state index contributed by atoms with van der Waals surface area (Å²) in [6.45, 7) is 4.01. The summed E-state index contributed by atoms with van der Waals surface area (Å²) in [4.78, 5) is 12.7. The lowest BCUT2D eigenvalue weighted by Gasteiger charge is -2.23. The molecule has 0 saturated heterocycles. The summed E-state index contributed by atoms with van der Waals surface area (Å²) in [5.41, 5.74) is 6.17. The van der Waals surface area contributed by atoms with E-state index in [2.05, 4.69) is 48.4 Å². The Hall–Kier alpha value is -2.68. The maximum absolute atomic E-state index is 12.7. The zero-order valence-electron chi connectivity index (χ0n) is 14.0. The number of nitrogens with zero attached hydrogens (tertiary/aromatic N) is 2. The van der Waals surface area contributed by atoms with Crippen LogP contribution in [0.3, 0.4) is 0 Å². The van der Waals surface area contributed by atoms with Gasteiger partial charge in [0.1, 0.15) is 0 Å². The lowest BCUT2D eigenvalue weighted by molar-refractivity contribution is 0.0963. The van der Waals surface area contributed by atoms with Gasteiger partial charge in [-0.3, -0.25) is 4.79 Å². The van der Waals surface area contributed by atoms with Crippen molar-refractivity contribution in [3.05, 3.63) is 82.7 Å². The van der Waals surface area contributed by atoms with E-state index in [-0.39, 0.29) is 11.7 Å². The second-order valence-electron chi connectivity index (χ2n) is 6.59. The van der Waals surface area contributed by atoms with Crippen LogP contribution in [0.5, 0.6) is 0 Å². The van der Waals surface area contributed by atoms with Gasteiger partial charge in [0, 0.05) is 6.42 Å². The standard InChI is InChI=1S/C21H20N2O/c1-14-8-10-18(11-9-14)23-19-12-17(16-6-4-3-5-7-16)13-20(24)21(19)15(2)22-23/h3-11,17H,12-13H2,1-2H3/t17-/m1/s1. The van der Waals surface area contributed by atoms with Crippen LogP contribution in [0, 0.1) is 13.8 Å². The van der Waals surface area contributed by atoms with Crippen LogP contribution in [0.4, 0.5) is 0 Å². The first-order valence-corrected chi connectivity index (χ1v) is 8.37. The fourth-order valence-corrected chi connectivity index (χ4v) is 3.62. The molecule has 3 heteroatoms. The van der Waals surface area contributed by atoms with Crippen molar-refractivity contribution in [2.75, 3.05) is 0 Å². The van der Waals surface area contributed by atoms with Crippen molar-refractivity contribution in [2.45, 2.75) is 32.6 Å². The second-order valence-corrected chi connectivity index (χ2v) is 6.59. The average molecular weight is 316 g/mol. The van der Waals surface area contributed by atoms with Crippen LogP contribution in [0.2, 0.25) is 0 Å². The Balaban J connectivity index is 1.80. The molecule has 24 heavy (non-hydrogen) atoms. The number of fused-ring (bicyclic) bond motifs is 1. The topological polar surface area (TPSA) is 34.9 Å². The minimum Gasteiger partial charge on any atom is -0.294 e. The fraction of sp³-hybridized carbons (Fsp3) is 0.238. The van der Waals surface area contributed by atoms with Crippen molar-refractivity contribution in [1.29, 1.82) is 0 Å². The first-order valence-electron chi connectivity index (χ1n) is 8.37. The van der Waals surface area contributed by atoms with Crippen molar-refractivity contribution < 1.29 is 4.79 Å². The van der Waals surface area contributed by atoms with Crippen LogP contribution >= 0.6 is 0 Å². The van der Waals surface area contributed by atoms with Gasteiger partial charge < -0.3 is 0 Å². The molecule has 1 heterocycles. The highest BCUT2D eigenvalue weighted by molar-refractivity contribution is 6.00. The zero-order chi connectivity index (χ0) is 16.7. The van der Waals surface area contributed by atoms with Crippen LogP contribution < -0.4 is 0 Å². The van der Waals surface area contributed by atoms with Gasteiger partial charge in [-0.15, -0.1) is 0 Å². The third-order valence-corrected chi connectivity index (χ3v) is 4.86. The number of aryl methyl sites for hydroxylation is 2. The Morgan fingerprint density at radius 1 is 0.958 bits per heavy atom. The summed E-state index contributed by atoms with van der Waals surface area (Å²) < 4.78 is 1.96. The number of carbonyl (C=O) groups is 1. The van der Waals surface area contributed by atoms with Gasteiger partial charge >= 0.3 is 0 Å². The van der Waals surface area contributed by atoms with E-state index < -0.39 is 0 Å². The van der Waals surface area contributed by atoms with Crippen molar-refractivity contribution >= 4 is 5.78 Å². The first kappa shape index (κ1) is 14.9. The van der Waals surface area contributed by atoms with Crippen LogP contribution in [-0.4, -0.2) is 15.6 Å². The Morgan fingerprint density at radius 3 is 2.38 bits per heavy atom. The van der Waals surface area contributed by atoms with E-state index in [4.69, 9.17) is 0 Å². The largest absolute Gasteiger partial charge is 0.294 e. The third-order valence-electron chi connectivity index (χ3n) is 4.86. The molecule has 1 aromatic heterocycles. The molecular weight excluding hydrogens is 296 g/mol. The lowest BCUT2D eigenvalue weighted by Crippen LogP contribution is -2.20. The third kappa shape index (κ3) is 2.46. The molecule has 1 aliphatic carbocycles. The molecular formula is C21H20N2O. The molecule has 0 N–H and O–H groups in total. The predicted molar refractivity (Wildman–Crippen MR) is 94.9 cm³/mol. The average Bonchev–Trinajstić information content (AvgIpc) is 2.93. The minimum atomic E-state index is 0.209. The first-order chi connectivity index (χ1) is 11.6. The summed E-state index contributed by atoms with van der Waals surface area (Å²) in [6.07, 6.45) is 1.41. The van der Waals surface area contributed by atoms with Crippen LogP contribution in [-0.2, 0) is 6.42 Å². The predicted octanol–water partition coefficient (Wildman–Crippen LogP) is 4.40. The van der Waals surface area contributed by atoms with Crippen molar-refractivity contribution in [3.63, 3.8) is 0 Å². The number of hydrogen-bond acceptors (Lipinski definition) is 2. The van der Waals surface area contributed by atoms with E-state index in [1.165, 1.54) is 11.1 Å². The number of Topliss-reactive ketones (excluding diaryl/α,β-unsaturated/α-hetero) is 1. The molecule has 0 amide bonds. The summed E-state index contributed by atoms with van der Waals surface area (Å²) >= 11 is 0. The maximum atomic E-state index is 12.7. The van der Waals surface area contributed by atoms with E-state index >= 15 is 0 Å². The molecule has 0 spiro atoms. The molecule has 3 nitrogen and oxygen atoms in total. The molecule has 2 aromatic carbocycles. The molecule has 1 atom stereocenters. The van der Waals surface area contributed by atoms with Gasteiger partial charge in [0.25, 0.3) is 0 Å². The lowest BCUT2D eigenvalue weighted by atomic mass is 9.81. The zero-order valence-corrected chi connectivity index (χ0v) is 14.0. The minimum absolute atomic E-state index is 0.209. The highest BCUT2D eigenvalue weighted by Crippen LogP contribution is 2.35. The molecule has 0 bridgehead atoms. The molecule has 120 valence electrons. The Morgan fingerprint density at radius 2 is 1.67 bits per heavy atom. The van der Waals surface area contributed by atoms with Gasteiger partial charge in [-0.1, -0.05) is 48.0 Å². The SMILES string of the molecule is Cc1ccc(-n2nc(C)c3c2C[C@@H](c2ccccc2)CC3=O)cc1. The number of benzene rings is 2. The smallest absolute Gasteiger partial charge is 0.167 e. The highest BCUT2D eigenvalue weighted by atomic mass is 16.1. The fourth-order valence-electron chi connectivity index (χ4n) is 3.62. The van der Waals surface area contributed by atoms with E-state index in [0.29, 0.717) is 6.42 Å². The molecule has 3 aromatic rings. The molecule has 0 aliphatic heterocycles. The number of hydrogen-bond donors (Lipinski definition) is 0. The van der Waals surface area contributed by atoms with E-state index in [1.807, 2.05) is 29.8 Å². The molecule has 0 radical (unpaired) electrons. The summed E-state index contributed by atoms with van der Waals surface area (Å²) in [6, 6.07) is 18.6. The monoisotopic (exact) mass is 316 g/mol. The number of carbonyl (C=O) groups excluding carboxylic acids is 1. The van der Waals surface area contributed by atoms with Gasteiger partial charge in [0.15, 0.2) is 5.78 Å². The van der Waals surface area contributed by atoms with Gasteiger partial charge in [-0.25, -0.2) is 4.68 Å².